The van der Waals surface area contributed by atoms with Gasteiger partial charge in [-0.3, -0.25) is 9.69 Å². The van der Waals surface area contributed by atoms with Gasteiger partial charge in [-0.05, 0) is 44.8 Å². The summed E-state index contributed by atoms with van der Waals surface area (Å²) < 4.78 is 10.8. The van der Waals surface area contributed by atoms with Crippen LogP contribution in [0.1, 0.15) is 53.4 Å². The quantitative estimate of drug-likeness (QED) is 0.833. The SMILES string of the molecule is COc1ccccc1CN1CCC(c2cc(C(=O)N3CCC[C@@H](O)C3)on2)CC1. The number of carbonyl (C=O) groups excluding carboxylic acids is 1. The number of methoxy groups -OCH3 is 1. The molecule has 156 valence electrons. The Bertz CT molecular complexity index is 829. The van der Waals surface area contributed by atoms with Gasteiger partial charge in [-0.25, -0.2) is 0 Å². The molecule has 1 atom stereocenters. The van der Waals surface area contributed by atoms with E-state index < -0.39 is 6.10 Å². The Morgan fingerprint density at radius 1 is 1.24 bits per heavy atom. The van der Waals surface area contributed by atoms with Gasteiger partial charge < -0.3 is 19.3 Å². The maximum atomic E-state index is 12.6. The van der Waals surface area contributed by atoms with Gasteiger partial charge in [0, 0.05) is 37.2 Å². The third-order valence-corrected chi connectivity index (χ3v) is 6.02. The van der Waals surface area contributed by atoms with Crippen molar-refractivity contribution < 1.29 is 19.2 Å². The van der Waals surface area contributed by atoms with Crippen LogP contribution in [0.2, 0.25) is 0 Å². The van der Waals surface area contributed by atoms with Crippen molar-refractivity contribution >= 4 is 5.91 Å². The highest BCUT2D eigenvalue weighted by Gasteiger charge is 2.28. The summed E-state index contributed by atoms with van der Waals surface area (Å²) in [6, 6.07) is 9.93. The van der Waals surface area contributed by atoms with Crippen molar-refractivity contribution in [2.45, 2.75) is 44.2 Å². The lowest BCUT2D eigenvalue weighted by atomic mass is 9.93. The summed E-state index contributed by atoms with van der Waals surface area (Å²) in [5.74, 6) is 1.35. The molecular weight excluding hydrogens is 370 g/mol. The molecule has 2 aliphatic heterocycles. The fraction of sp³-hybridized carbons (Fsp3) is 0.545. The van der Waals surface area contributed by atoms with Crippen molar-refractivity contribution in [3.63, 3.8) is 0 Å². The second-order valence-corrected chi connectivity index (χ2v) is 8.03. The number of aliphatic hydroxyl groups excluding tert-OH is 1. The van der Waals surface area contributed by atoms with E-state index in [0.29, 0.717) is 19.0 Å². The van der Waals surface area contributed by atoms with E-state index in [9.17, 15) is 9.90 Å². The molecule has 0 unspecified atom stereocenters. The van der Waals surface area contributed by atoms with E-state index in [1.165, 1.54) is 5.56 Å². The van der Waals surface area contributed by atoms with Gasteiger partial charge in [0.05, 0.1) is 18.9 Å². The summed E-state index contributed by atoms with van der Waals surface area (Å²) in [6.07, 6.45) is 3.09. The van der Waals surface area contributed by atoms with Crippen LogP contribution in [0.4, 0.5) is 0 Å². The molecular formula is C22H29N3O4. The van der Waals surface area contributed by atoms with Crippen LogP contribution in [0, 0.1) is 0 Å². The number of ether oxygens (including phenoxy) is 1. The number of aliphatic hydroxyl groups is 1. The Morgan fingerprint density at radius 3 is 2.79 bits per heavy atom. The average Bonchev–Trinajstić information content (AvgIpc) is 3.24. The minimum atomic E-state index is -0.442. The summed E-state index contributed by atoms with van der Waals surface area (Å²) in [5, 5.41) is 14.0. The van der Waals surface area contributed by atoms with Crippen LogP contribution in [0.5, 0.6) is 5.75 Å². The van der Waals surface area contributed by atoms with Crippen molar-refractivity contribution in [1.82, 2.24) is 15.0 Å². The van der Waals surface area contributed by atoms with Gasteiger partial charge in [0.15, 0.2) is 0 Å². The maximum absolute atomic E-state index is 12.6. The Hall–Kier alpha value is -2.38. The topological polar surface area (TPSA) is 79.0 Å². The number of hydrogen-bond acceptors (Lipinski definition) is 6. The molecule has 7 heteroatoms. The molecule has 2 aromatic rings. The van der Waals surface area contributed by atoms with Gasteiger partial charge in [0.1, 0.15) is 5.75 Å². The highest BCUT2D eigenvalue weighted by Crippen LogP contribution is 2.30. The van der Waals surface area contributed by atoms with E-state index in [4.69, 9.17) is 9.26 Å². The third-order valence-electron chi connectivity index (χ3n) is 6.02. The normalized spacial score (nSPS) is 21.3. The number of rotatable bonds is 5. The van der Waals surface area contributed by atoms with Gasteiger partial charge >= 0.3 is 0 Å². The number of carbonyl (C=O) groups is 1. The van der Waals surface area contributed by atoms with Crippen LogP contribution in [0.25, 0.3) is 0 Å². The molecule has 1 aromatic carbocycles. The number of β-amino-alcohol motifs (C(OH)–C–C–N with tert-alkyl or cyclic N) is 1. The van der Waals surface area contributed by atoms with Gasteiger partial charge in [-0.2, -0.15) is 0 Å². The first kappa shape index (κ1) is 19.9. The molecule has 4 rings (SSSR count). The molecule has 0 bridgehead atoms. The second-order valence-electron chi connectivity index (χ2n) is 8.03. The number of nitrogens with zero attached hydrogens (tertiary/aromatic N) is 3. The summed E-state index contributed by atoms with van der Waals surface area (Å²) in [5.41, 5.74) is 2.06. The molecule has 2 saturated heterocycles. The predicted octanol–water partition coefficient (Wildman–Crippen LogP) is 2.66. The van der Waals surface area contributed by atoms with Crippen molar-refractivity contribution in [3.8, 4) is 5.75 Å². The monoisotopic (exact) mass is 399 g/mol. The molecule has 0 spiro atoms. The predicted molar refractivity (Wildman–Crippen MR) is 108 cm³/mol. The van der Waals surface area contributed by atoms with Crippen molar-refractivity contribution in [3.05, 3.63) is 47.3 Å². The third kappa shape index (κ3) is 4.62. The largest absolute Gasteiger partial charge is 0.496 e. The highest BCUT2D eigenvalue weighted by atomic mass is 16.5. The molecule has 2 fully saturated rings. The number of amides is 1. The van der Waals surface area contributed by atoms with E-state index in [0.717, 1.165) is 56.8 Å². The summed E-state index contributed by atoms with van der Waals surface area (Å²) in [7, 11) is 1.71. The number of benzene rings is 1. The second kappa shape index (κ2) is 8.97. The Labute approximate surface area is 171 Å². The lowest BCUT2D eigenvalue weighted by Crippen LogP contribution is -2.42. The highest BCUT2D eigenvalue weighted by molar-refractivity contribution is 5.91. The van der Waals surface area contributed by atoms with E-state index in [1.54, 1.807) is 18.1 Å². The molecule has 7 nitrogen and oxygen atoms in total. The smallest absolute Gasteiger partial charge is 0.292 e. The zero-order chi connectivity index (χ0) is 20.2. The molecule has 0 aliphatic carbocycles. The number of hydrogen-bond donors (Lipinski definition) is 1. The van der Waals surface area contributed by atoms with E-state index in [-0.39, 0.29) is 11.7 Å². The Morgan fingerprint density at radius 2 is 2.03 bits per heavy atom. The number of piperidine rings is 2. The first-order chi connectivity index (χ1) is 14.1. The average molecular weight is 399 g/mol. The van der Waals surface area contributed by atoms with E-state index in [2.05, 4.69) is 16.1 Å². The van der Waals surface area contributed by atoms with Gasteiger partial charge in [0.2, 0.25) is 5.76 Å². The Kier molecular flexibility index (Phi) is 6.16. The lowest BCUT2D eigenvalue weighted by molar-refractivity contribution is 0.0441. The number of para-hydroxylation sites is 1. The first-order valence-electron chi connectivity index (χ1n) is 10.4. The molecule has 1 aromatic heterocycles. The molecule has 0 radical (unpaired) electrons. The summed E-state index contributed by atoms with van der Waals surface area (Å²) in [6.45, 7) is 3.84. The van der Waals surface area contributed by atoms with E-state index in [1.807, 2.05) is 18.2 Å². The minimum Gasteiger partial charge on any atom is -0.496 e. The number of aromatic nitrogens is 1. The minimum absolute atomic E-state index is 0.170. The zero-order valence-corrected chi connectivity index (χ0v) is 16.9. The van der Waals surface area contributed by atoms with Crippen molar-refractivity contribution in [1.29, 1.82) is 0 Å². The molecule has 1 N–H and O–H groups in total. The van der Waals surface area contributed by atoms with Crippen LogP contribution in [-0.2, 0) is 6.54 Å². The van der Waals surface area contributed by atoms with Gasteiger partial charge in [-0.15, -0.1) is 0 Å². The van der Waals surface area contributed by atoms with Crippen LogP contribution < -0.4 is 4.74 Å². The maximum Gasteiger partial charge on any atom is 0.292 e. The van der Waals surface area contributed by atoms with Gasteiger partial charge in [0.25, 0.3) is 5.91 Å². The van der Waals surface area contributed by atoms with Gasteiger partial charge in [-0.1, -0.05) is 23.4 Å². The zero-order valence-electron chi connectivity index (χ0n) is 16.9. The molecule has 29 heavy (non-hydrogen) atoms. The fourth-order valence-electron chi connectivity index (χ4n) is 4.34. The summed E-state index contributed by atoms with van der Waals surface area (Å²) >= 11 is 0. The number of likely N-dealkylation sites (tertiary alicyclic amines) is 2. The van der Waals surface area contributed by atoms with Crippen LogP contribution >= 0.6 is 0 Å². The van der Waals surface area contributed by atoms with E-state index >= 15 is 0 Å². The molecule has 3 heterocycles. The summed E-state index contributed by atoms with van der Waals surface area (Å²) in [4.78, 5) is 16.7. The van der Waals surface area contributed by atoms with Crippen LogP contribution in [-0.4, -0.2) is 65.4 Å². The molecule has 2 aliphatic rings. The van der Waals surface area contributed by atoms with Crippen LogP contribution in [0.15, 0.2) is 34.9 Å². The first-order valence-corrected chi connectivity index (χ1v) is 10.4. The molecule has 0 saturated carbocycles. The lowest BCUT2D eigenvalue weighted by Gasteiger charge is -2.31. The van der Waals surface area contributed by atoms with Crippen molar-refractivity contribution in [2.75, 3.05) is 33.3 Å². The fourth-order valence-corrected chi connectivity index (χ4v) is 4.34. The van der Waals surface area contributed by atoms with Crippen LogP contribution in [0.3, 0.4) is 0 Å². The van der Waals surface area contributed by atoms with Crippen molar-refractivity contribution in [2.24, 2.45) is 0 Å². The standard InChI is InChI=1S/C22H29N3O4/c1-28-20-7-3-2-5-17(20)14-24-11-8-16(9-12-24)19-13-21(29-23-19)22(27)25-10-4-6-18(26)15-25/h2-3,5,7,13,16,18,26H,4,6,8-12,14-15H2,1H3/t18-/m1/s1. The molecule has 1 amide bonds. The Balaban J connectivity index is 1.33.